The summed E-state index contributed by atoms with van der Waals surface area (Å²) >= 11 is 0. The number of benzene rings is 1. The third kappa shape index (κ3) is 4.94. The molecule has 0 bridgehead atoms. The predicted molar refractivity (Wildman–Crippen MR) is 91.6 cm³/mol. The van der Waals surface area contributed by atoms with Crippen molar-refractivity contribution in [1.29, 1.82) is 0 Å². The summed E-state index contributed by atoms with van der Waals surface area (Å²) < 4.78 is 28.2. The molecule has 1 aliphatic carbocycles. The summed E-state index contributed by atoms with van der Waals surface area (Å²) in [6.07, 6.45) is 3.85. The van der Waals surface area contributed by atoms with E-state index in [1.807, 2.05) is 18.2 Å². The zero-order chi connectivity index (χ0) is 17.9. The maximum absolute atomic E-state index is 11.8. The Morgan fingerprint density at radius 1 is 1.12 bits per heavy atom. The van der Waals surface area contributed by atoms with Crippen LogP contribution in [0.5, 0.6) is 5.75 Å². The van der Waals surface area contributed by atoms with Gasteiger partial charge in [0.1, 0.15) is 5.75 Å². The molecule has 7 nitrogen and oxygen atoms in total. The lowest BCUT2D eigenvalue weighted by molar-refractivity contribution is -0.130. The Morgan fingerprint density at radius 3 is 2.64 bits per heavy atom. The second kappa shape index (κ2) is 7.43. The smallest absolute Gasteiger partial charge is 0.276 e. The molecule has 1 aliphatic heterocycles. The lowest BCUT2D eigenvalue weighted by Gasteiger charge is -2.11. The van der Waals surface area contributed by atoms with E-state index in [0.717, 1.165) is 19.3 Å². The zero-order valence-corrected chi connectivity index (χ0v) is 14.7. The van der Waals surface area contributed by atoms with Gasteiger partial charge in [-0.15, -0.1) is 0 Å². The molecule has 0 saturated carbocycles. The number of hydrazine groups is 1. The summed E-state index contributed by atoms with van der Waals surface area (Å²) in [4.78, 5) is 23.5. The van der Waals surface area contributed by atoms with Crippen LogP contribution in [0.25, 0.3) is 0 Å². The van der Waals surface area contributed by atoms with Gasteiger partial charge in [-0.05, 0) is 54.9 Å². The Labute approximate surface area is 147 Å². The van der Waals surface area contributed by atoms with Crippen LogP contribution < -0.4 is 15.6 Å². The van der Waals surface area contributed by atoms with Crippen LogP contribution in [0.1, 0.15) is 30.4 Å². The number of nitrogens with one attached hydrogen (secondary N) is 2. The molecule has 0 unspecified atom stereocenters. The molecule has 2 N–H and O–H groups in total. The van der Waals surface area contributed by atoms with Gasteiger partial charge >= 0.3 is 0 Å². The number of carbonyl (C=O) groups is 2. The van der Waals surface area contributed by atoms with E-state index in [-0.39, 0.29) is 30.5 Å². The monoisotopic (exact) mass is 366 g/mol. The summed E-state index contributed by atoms with van der Waals surface area (Å²) in [6, 6.07) is 5.82. The highest BCUT2D eigenvalue weighted by Crippen LogP contribution is 2.26. The lowest BCUT2D eigenvalue weighted by Crippen LogP contribution is -2.44. The predicted octanol–water partition coefficient (Wildman–Crippen LogP) is 0.526. The second-order valence-electron chi connectivity index (χ2n) is 6.64. The van der Waals surface area contributed by atoms with Crippen molar-refractivity contribution in [1.82, 2.24) is 10.9 Å². The number of rotatable bonds is 5. The van der Waals surface area contributed by atoms with E-state index in [4.69, 9.17) is 4.74 Å². The minimum absolute atomic E-state index is 0.0375. The van der Waals surface area contributed by atoms with E-state index in [2.05, 4.69) is 10.9 Å². The first kappa shape index (κ1) is 17.7. The minimum atomic E-state index is -3.00. The Kier molecular flexibility index (Phi) is 5.27. The highest BCUT2D eigenvalue weighted by Gasteiger charge is 2.29. The molecule has 2 amide bonds. The van der Waals surface area contributed by atoms with Crippen molar-refractivity contribution in [2.45, 2.75) is 32.1 Å². The number of fused-ring (bicyclic) bond motifs is 1. The molecule has 0 radical (unpaired) electrons. The second-order valence-corrected chi connectivity index (χ2v) is 8.87. The lowest BCUT2D eigenvalue weighted by atomic mass is 10.1. The molecule has 1 atom stereocenters. The van der Waals surface area contributed by atoms with Crippen molar-refractivity contribution in [2.24, 2.45) is 5.92 Å². The van der Waals surface area contributed by atoms with E-state index in [1.165, 1.54) is 11.1 Å². The summed E-state index contributed by atoms with van der Waals surface area (Å²) in [5.41, 5.74) is 7.18. The maximum atomic E-state index is 11.8. The van der Waals surface area contributed by atoms with E-state index in [0.29, 0.717) is 12.2 Å². The minimum Gasteiger partial charge on any atom is -0.484 e. The third-order valence-corrected chi connectivity index (χ3v) is 6.42. The number of hydrogen-bond donors (Lipinski definition) is 2. The molecule has 2 aliphatic rings. The van der Waals surface area contributed by atoms with Gasteiger partial charge in [0.25, 0.3) is 5.91 Å². The van der Waals surface area contributed by atoms with Crippen molar-refractivity contribution < 1.29 is 22.7 Å². The fourth-order valence-electron chi connectivity index (χ4n) is 3.31. The number of aryl methyl sites for hydroxylation is 2. The first-order chi connectivity index (χ1) is 11.9. The van der Waals surface area contributed by atoms with Crippen molar-refractivity contribution in [3.8, 4) is 5.75 Å². The summed E-state index contributed by atoms with van der Waals surface area (Å²) in [7, 11) is -3.00. The van der Waals surface area contributed by atoms with E-state index < -0.39 is 21.7 Å². The highest BCUT2D eigenvalue weighted by molar-refractivity contribution is 7.91. The molecular weight excluding hydrogens is 344 g/mol. The van der Waals surface area contributed by atoms with Crippen LogP contribution in [-0.4, -0.2) is 38.3 Å². The van der Waals surface area contributed by atoms with Crippen molar-refractivity contribution in [3.63, 3.8) is 0 Å². The first-order valence-electron chi connectivity index (χ1n) is 8.44. The molecule has 8 heteroatoms. The number of carbonyl (C=O) groups excluding carboxylic acids is 2. The largest absolute Gasteiger partial charge is 0.484 e. The van der Waals surface area contributed by atoms with Gasteiger partial charge in [-0.1, -0.05) is 6.07 Å². The standard InChI is InChI=1S/C17H22N2O5S/c20-16(8-12-6-7-25(22,23)11-12)18-19-17(21)10-24-15-5-4-13-2-1-3-14(13)9-15/h4-5,9,12H,1-3,6-8,10-11H2,(H,18,20)(H,19,21)/t12-/m1/s1. The molecule has 1 saturated heterocycles. The molecule has 1 heterocycles. The molecule has 1 fully saturated rings. The Bertz CT molecular complexity index is 775. The average Bonchev–Trinajstić information content (AvgIpc) is 3.16. The molecule has 136 valence electrons. The Hall–Kier alpha value is -2.09. The van der Waals surface area contributed by atoms with Crippen molar-refractivity contribution >= 4 is 21.7 Å². The summed E-state index contributed by atoms with van der Waals surface area (Å²) in [5, 5.41) is 0. The van der Waals surface area contributed by atoms with Crippen LogP contribution in [-0.2, 0) is 32.3 Å². The van der Waals surface area contributed by atoms with Gasteiger partial charge in [0.2, 0.25) is 5.91 Å². The normalized spacial score (nSPS) is 20.7. The van der Waals surface area contributed by atoms with Crippen molar-refractivity contribution in [3.05, 3.63) is 29.3 Å². The molecular formula is C17H22N2O5S. The van der Waals surface area contributed by atoms with Crippen LogP contribution in [0.2, 0.25) is 0 Å². The Morgan fingerprint density at radius 2 is 1.88 bits per heavy atom. The average molecular weight is 366 g/mol. The van der Waals surface area contributed by atoms with Crippen LogP contribution in [0, 0.1) is 5.92 Å². The van der Waals surface area contributed by atoms with Gasteiger partial charge in [-0.25, -0.2) is 8.42 Å². The van der Waals surface area contributed by atoms with Gasteiger partial charge in [-0.3, -0.25) is 20.4 Å². The number of sulfone groups is 1. The van der Waals surface area contributed by atoms with Crippen LogP contribution in [0.3, 0.4) is 0 Å². The van der Waals surface area contributed by atoms with Crippen LogP contribution in [0.15, 0.2) is 18.2 Å². The maximum Gasteiger partial charge on any atom is 0.276 e. The van der Waals surface area contributed by atoms with Crippen molar-refractivity contribution in [2.75, 3.05) is 18.1 Å². The van der Waals surface area contributed by atoms with Crippen LogP contribution >= 0.6 is 0 Å². The fourth-order valence-corrected chi connectivity index (χ4v) is 5.17. The number of amides is 2. The Balaban J connectivity index is 1.37. The number of hydrogen-bond acceptors (Lipinski definition) is 5. The SMILES string of the molecule is O=C(COc1ccc2c(c1)CCC2)NNC(=O)C[C@H]1CCS(=O)(=O)C1. The van der Waals surface area contributed by atoms with E-state index in [1.54, 1.807) is 0 Å². The van der Waals surface area contributed by atoms with Crippen LogP contribution in [0.4, 0.5) is 0 Å². The van der Waals surface area contributed by atoms with Gasteiger partial charge < -0.3 is 4.74 Å². The van der Waals surface area contributed by atoms with E-state index in [9.17, 15) is 18.0 Å². The van der Waals surface area contributed by atoms with Gasteiger partial charge in [0.05, 0.1) is 11.5 Å². The van der Waals surface area contributed by atoms with Gasteiger partial charge in [0.15, 0.2) is 16.4 Å². The molecule has 3 rings (SSSR count). The quantitative estimate of drug-likeness (QED) is 0.740. The fraction of sp³-hybridized carbons (Fsp3) is 0.529. The first-order valence-corrected chi connectivity index (χ1v) is 10.3. The summed E-state index contributed by atoms with van der Waals surface area (Å²) in [6.45, 7) is -0.198. The zero-order valence-electron chi connectivity index (χ0n) is 13.9. The molecule has 0 aromatic heterocycles. The third-order valence-electron chi connectivity index (χ3n) is 4.58. The molecule has 0 spiro atoms. The highest BCUT2D eigenvalue weighted by atomic mass is 32.2. The topological polar surface area (TPSA) is 102 Å². The van der Waals surface area contributed by atoms with E-state index >= 15 is 0 Å². The van der Waals surface area contributed by atoms with Gasteiger partial charge in [0, 0.05) is 6.42 Å². The van der Waals surface area contributed by atoms with Gasteiger partial charge in [-0.2, -0.15) is 0 Å². The molecule has 1 aromatic carbocycles. The molecule has 25 heavy (non-hydrogen) atoms. The number of ether oxygens (including phenoxy) is 1. The summed E-state index contributed by atoms with van der Waals surface area (Å²) in [5.74, 6) is -0.231. The molecule has 1 aromatic rings.